The van der Waals surface area contributed by atoms with Gasteiger partial charge in [0.25, 0.3) is 0 Å². The van der Waals surface area contributed by atoms with Gasteiger partial charge in [0.1, 0.15) is 18.7 Å². The number of aliphatic hydroxyl groups is 1. The van der Waals surface area contributed by atoms with Gasteiger partial charge in [-0.05, 0) is 28.4 Å². The number of fused-ring (bicyclic) bond motifs is 1. The van der Waals surface area contributed by atoms with E-state index in [0.717, 1.165) is 28.7 Å². The molecule has 0 aliphatic heterocycles. The summed E-state index contributed by atoms with van der Waals surface area (Å²) in [5.74, 6) is 1.49. The summed E-state index contributed by atoms with van der Waals surface area (Å²) < 4.78 is 4.20. The van der Waals surface area contributed by atoms with Crippen LogP contribution in [0.1, 0.15) is 25.3 Å². The molecule has 0 aliphatic rings. The van der Waals surface area contributed by atoms with Gasteiger partial charge in [-0.3, -0.25) is 4.84 Å². The Labute approximate surface area is 166 Å². The molecule has 3 heterocycles. The van der Waals surface area contributed by atoms with E-state index in [1.165, 1.54) is 0 Å². The van der Waals surface area contributed by atoms with Gasteiger partial charge in [-0.2, -0.15) is 9.61 Å². The number of nitrogens with zero attached hydrogens (tertiary/aromatic N) is 4. The van der Waals surface area contributed by atoms with Crippen LogP contribution in [0.5, 0.6) is 0 Å². The quantitative estimate of drug-likeness (QED) is 0.445. The lowest BCUT2D eigenvalue weighted by Gasteiger charge is -2.17. The van der Waals surface area contributed by atoms with Crippen LogP contribution in [0.4, 0.5) is 11.6 Å². The lowest BCUT2D eigenvalue weighted by atomic mass is 10.2. The van der Waals surface area contributed by atoms with E-state index in [1.807, 2.05) is 30.6 Å². The monoisotopic (exact) mass is 435 g/mol. The van der Waals surface area contributed by atoms with Gasteiger partial charge in [-0.25, -0.2) is 4.98 Å². The van der Waals surface area contributed by atoms with Crippen LogP contribution in [0.15, 0.2) is 41.3 Å². The van der Waals surface area contributed by atoms with E-state index in [2.05, 4.69) is 43.6 Å². The predicted molar refractivity (Wildman–Crippen MR) is 107 cm³/mol. The third-order valence-electron chi connectivity index (χ3n) is 4.16. The van der Waals surface area contributed by atoms with Crippen LogP contribution in [-0.4, -0.2) is 39.5 Å². The number of hydrogen-bond acceptors (Lipinski definition) is 6. The molecule has 0 aliphatic carbocycles. The summed E-state index contributed by atoms with van der Waals surface area (Å²) in [6.07, 6.45) is 7.31. The summed E-state index contributed by atoms with van der Waals surface area (Å²) in [5, 5.41) is 20.7. The Morgan fingerprint density at radius 2 is 2.30 bits per heavy atom. The van der Waals surface area contributed by atoms with Crippen LogP contribution in [0, 0.1) is 0 Å². The van der Waals surface area contributed by atoms with Crippen LogP contribution in [-0.2, 0) is 6.54 Å². The molecule has 0 saturated carbocycles. The average Bonchev–Trinajstić information content (AvgIpc) is 3.07. The maximum Gasteiger partial charge on any atom is 0.227 e. The van der Waals surface area contributed by atoms with Gasteiger partial charge in [0.05, 0.1) is 23.3 Å². The molecule has 0 fully saturated rings. The van der Waals surface area contributed by atoms with E-state index < -0.39 is 0 Å². The lowest BCUT2D eigenvalue weighted by Crippen LogP contribution is -2.40. The maximum atomic E-state index is 9.57. The number of aromatic nitrogens is 4. The summed E-state index contributed by atoms with van der Waals surface area (Å²) in [7, 11) is 1.62. The minimum Gasteiger partial charge on any atom is -0.394 e. The molecule has 0 bridgehead atoms. The number of anilines is 2. The number of hydrogen-bond donors (Lipinski definition) is 3. The van der Waals surface area contributed by atoms with Crippen molar-refractivity contribution >= 4 is 33.2 Å². The summed E-state index contributed by atoms with van der Waals surface area (Å²) in [6.45, 7) is 2.75. The molecule has 0 saturated heterocycles. The molecule has 9 heteroatoms. The van der Waals surface area contributed by atoms with Crippen LogP contribution in [0.25, 0.3) is 5.65 Å². The molecule has 0 aromatic carbocycles. The standard InChI is InChI=1S/C18H24BrN6O2/c1-3-5-14(12-26)22-16-8-17(25-18(23-16)15(19)10-21-25)20-9-13-6-4-7-24(11-13)27-2/h4,6-8,10-11,14,20,26H,3,5,9,12H2,1-2H3,(H,22,23)/q+1/t14-/m0/s1. The van der Waals surface area contributed by atoms with E-state index in [0.29, 0.717) is 18.0 Å². The predicted octanol–water partition coefficient (Wildman–Crippen LogP) is 2.02. The zero-order chi connectivity index (χ0) is 19.2. The number of aliphatic hydroxyl groups excluding tert-OH is 1. The van der Waals surface area contributed by atoms with Gasteiger partial charge in [0.2, 0.25) is 12.4 Å². The van der Waals surface area contributed by atoms with E-state index in [9.17, 15) is 5.11 Å². The molecule has 3 rings (SSSR count). The second-order valence-corrected chi connectivity index (χ2v) is 7.03. The Morgan fingerprint density at radius 3 is 3.04 bits per heavy atom. The highest BCUT2D eigenvalue weighted by molar-refractivity contribution is 9.10. The van der Waals surface area contributed by atoms with Crippen molar-refractivity contribution in [3.8, 4) is 0 Å². The minimum absolute atomic E-state index is 0.0331. The first-order valence-electron chi connectivity index (χ1n) is 8.84. The van der Waals surface area contributed by atoms with Crippen LogP contribution >= 0.6 is 15.9 Å². The first-order chi connectivity index (χ1) is 13.1. The number of pyridine rings is 1. The SMILES string of the molecule is CCC[C@@H](CO)Nc1cc(NCc2ccc[n+](OC)c2)n2ncc(Br)c2n1. The zero-order valence-corrected chi connectivity index (χ0v) is 17.0. The Bertz CT molecular complexity index is 901. The first kappa shape index (κ1) is 19.4. The molecule has 8 nitrogen and oxygen atoms in total. The van der Waals surface area contributed by atoms with Crippen molar-refractivity contribution < 1.29 is 14.7 Å². The Morgan fingerprint density at radius 1 is 1.44 bits per heavy atom. The molecule has 3 aromatic rings. The second kappa shape index (κ2) is 9.01. The third kappa shape index (κ3) is 4.67. The summed E-state index contributed by atoms with van der Waals surface area (Å²) in [4.78, 5) is 9.82. The molecule has 3 N–H and O–H groups in total. The van der Waals surface area contributed by atoms with Gasteiger partial charge >= 0.3 is 0 Å². The summed E-state index contributed by atoms with van der Waals surface area (Å²) >= 11 is 3.49. The van der Waals surface area contributed by atoms with Crippen LogP contribution in [0.3, 0.4) is 0 Å². The molecular formula is C18H24BrN6O2+. The van der Waals surface area contributed by atoms with Crippen molar-refractivity contribution in [3.05, 3.63) is 46.8 Å². The smallest absolute Gasteiger partial charge is 0.227 e. The molecule has 0 radical (unpaired) electrons. The van der Waals surface area contributed by atoms with Crippen molar-refractivity contribution in [3.63, 3.8) is 0 Å². The zero-order valence-electron chi connectivity index (χ0n) is 15.4. The number of nitrogens with one attached hydrogen (secondary N) is 2. The summed E-state index contributed by atoms with van der Waals surface area (Å²) in [5.41, 5.74) is 1.76. The Hall–Kier alpha value is -2.39. The minimum atomic E-state index is -0.0331. The van der Waals surface area contributed by atoms with Gasteiger partial charge in [-0.1, -0.05) is 13.3 Å². The molecule has 27 heavy (non-hydrogen) atoms. The van der Waals surface area contributed by atoms with Gasteiger partial charge in [0.15, 0.2) is 5.65 Å². The highest BCUT2D eigenvalue weighted by atomic mass is 79.9. The topological polar surface area (TPSA) is 87.6 Å². The fourth-order valence-corrected chi connectivity index (χ4v) is 3.16. The molecule has 144 valence electrons. The number of halogens is 1. The van der Waals surface area contributed by atoms with Crippen molar-refractivity contribution in [2.45, 2.75) is 32.4 Å². The van der Waals surface area contributed by atoms with E-state index in [1.54, 1.807) is 22.6 Å². The van der Waals surface area contributed by atoms with Crippen molar-refractivity contribution in [2.75, 3.05) is 24.4 Å². The van der Waals surface area contributed by atoms with Crippen molar-refractivity contribution in [1.82, 2.24) is 14.6 Å². The van der Waals surface area contributed by atoms with Crippen molar-refractivity contribution in [2.24, 2.45) is 0 Å². The molecule has 0 unspecified atom stereocenters. The van der Waals surface area contributed by atoms with E-state index >= 15 is 0 Å². The normalized spacial score (nSPS) is 12.1. The largest absolute Gasteiger partial charge is 0.394 e. The molecule has 1 atom stereocenters. The molecule has 0 spiro atoms. The number of rotatable bonds is 9. The van der Waals surface area contributed by atoms with Gasteiger partial charge in [0, 0.05) is 29.0 Å². The average molecular weight is 436 g/mol. The fourth-order valence-electron chi connectivity index (χ4n) is 2.81. The summed E-state index contributed by atoms with van der Waals surface area (Å²) in [6, 6.07) is 5.81. The third-order valence-corrected chi connectivity index (χ3v) is 4.72. The molecule has 3 aromatic heterocycles. The van der Waals surface area contributed by atoms with Gasteiger partial charge in [-0.15, -0.1) is 0 Å². The van der Waals surface area contributed by atoms with Crippen LogP contribution in [0.2, 0.25) is 0 Å². The highest BCUT2D eigenvalue weighted by Gasteiger charge is 2.13. The van der Waals surface area contributed by atoms with Gasteiger partial charge < -0.3 is 15.7 Å². The Balaban J connectivity index is 1.86. The fraction of sp³-hybridized carbons (Fsp3) is 0.389. The van der Waals surface area contributed by atoms with Crippen molar-refractivity contribution in [1.29, 1.82) is 0 Å². The highest BCUT2D eigenvalue weighted by Crippen LogP contribution is 2.23. The molecule has 0 amide bonds. The van der Waals surface area contributed by atoms with Crippen LogP contribution < -0.4 is 20.2 Å². The lowest BCUT2D eigenvalue weighted by molar-refractivity contribution is -0.885. The van der Waals surface area contributed by atoms with E-state index in [-0.39, 0.29) is 12.6 Å². The van der Waals surface area contributed by atoms with E-state index in [4.69, 9.17) is 4.84 Å². The Kier molecular flexibility index (Phi) is 6.46. The second-order valence-electron chi connectivity index (χ2n) is 6.18. The first-order valence-corrected chi connectivity index (χ1v) is 9.64. The maximum absolute atomic E-state index is 9.57. The molecular weight excluding hydrogens is 412 g/mol.